The Labute approximate surface area is 362 Å². The summed E-state index contributed by atoms with van der Waals surface area (Å²) in [5.41, 5.74) is 17.4. The van der Waals surface area contributed by atoms with E-state index in [-0.39, 0.29) is 5.41 Å². The van der Waals surface area contributed by atoms with Gasteiger partial charge < -0.3 is 4.90 Å². The van der Waals surface area contributed by atoms with E-state index < -0.39 is 5.41 Å². The summed E-state index contributed by atoms with van der Waals surface area (Å²) < 4.78 is 2.68. The fourth-order valence-electron chi connectivity index (χ4n) is 14.2. The Bertz CT molecular complexity index is 3170. The molecular formula is C59H45NS. The van der Waals surface area contributed by atoms with E-state index in [2.05, 4.69) is 193 Å². The lowest BCUT2D eigenvalue weighted by Gasteiger charge is -2.65. The first-order valence-corrected chi connectivity index (χ1v) is 23.3. The molecule has 1 nitrogen and oxygen atoms in total. The van der Waals surface area contributed by atoms with Gasteiger partial charge in [0.2, 0.25) is 0 Å². The lowest BCUT2D eigenvalue weighted by Crippen LogP contribution is -2.59. The summed E-state index contributed by atoms with van der Waals surface area (Å²) in [5, 5.41) is 2.67. The minimum absolute atomic E-state index is 0.00995. The van der Waals surface area contributed by atoms with Gasteiger partial charge in [0.15, 0.2) is 0 Å². The number of hydrogen-bond acceptors (Lipinski definition) is 2. The number of thiophene rings is 1. The maximum atomic E-state index is 2.66. The van der Waals surface area contributed by atoms with Crippen molar-refractivity contribution in [3.63, 3.8) is 0 Å². The van der Waals surface area contributed by atoms with Gasteiger partial charge in [-0.1, -0.05) is 146 Å². The first kappa shape index (κ1) is 34.5. The summed E-state index contributed by atoms with van der Waals surface area (Å²) in [6, 6.07) is 72.3. The SMILES string of the molecule is c1ccc(N(c2cccc(-c3cccc4c3sc3ccccc34)c2)c2ccc3c(c2)C2(c4ccccc4-c4ccccc42)c2ccccc2C32C3CC4CC(C3)CC2C4)cc1. The van der Waals surface area contributed by atoms with Crippen LogP contribution in [0.2, 0.25) is 0 Å². The van der Waals surface area contributed by atoms with Crippen molar-refractivity contribution in [1.82, 2.24) is 0 Å². The number of rotatable bonds is 4. The third-order valence-corrected chi connectivity index (χ3v) is 17.3. The van der Waals surface area contributed by atoms with E-state index >= 15 is 0 Å². The average molecular weight is 800 g/mol. The second-order valence-corrected chi connectivity index (χ2v) is 19.8. The smallest absolute Gasteiger partial charge is 0.0720 e. The normalized spacial score (nSPS) is 23.3. The molecule has 8 aromatic carbocycles. The van der Waals surface area contributed by atoms with E-state index in [1.165, 1.54) is 114 Å². The molecule has 4 fully saturated rings. The molecule has 6 aliphatic carbocycles. The van der Waals surface area contributed by atoms with Crippen LogP contribution in [0.25, 0.3) is 42.4 Å². The maximum absolute atomic E-state index is 2.66. The van der Waals surface area contributed by atoms with Gasteiger partial charge in [0.1, 0.15) is 0 Å². The lowest BCUT2D eigenvalue weighted by molar-refractivity contribution is -0.0440. The van der Waals surface area contributed by atoms with Crippen LogP contribution in [0.15, 0.2) is 188 Å². The van der Waals surface area contributed by atoms with Gasteiger partial charge in [0, 0.05) is 42.6 Å². The van der Waals surface area contributed by atoms with Crippen LogP contribution in [-0.2, 0) is 10.8 Å². The van der Waals surface area contributed by atoms with Crippen molar-refractivity contribution in [3.05, 3.63) is 221 Å². The van der Waals surface area contributed by atoms with E-state index in [0.29, 0.717) is 11.8 Å². The highest BCUT2D eigenvalue weighted by Gasteiger charge is 2.64. The molecule has 61 heavy (non-hydrogen) atoms. The molecule has 292 valence electrons. The van der Waals surface area contributed by atoms with E-state index in [4.69, 9.17) is 0 Å². The zero-order valence-corrected chi connectivity index (χ0v) is 34.9. The molecule has 2 heteroatoms. The molecule has 1 aromatic heterocycles. The van der Waals surface area contributed by atoms with Crippen LogP contribution >= 0.6 is 11.3 Å². The number of fused-ring (bicyclic) bond motifs is 12. The molecule has 0 unspecified atom stereocenters. The third kappa shape index (κ3) is 4.51. The molecule has 0 atom stereocenters. The quantitative estimate of drug-likeness (QED) is 0.171. The monoisotopic (exact) mass is 799 g/mol. The number of para-hydroxylation sites is 1. The van der Waals surface area contributed by atoms with Gasteiger partial charge in [-0.2, -0.15) is 0 Å². The summed E-state index contributed by atoms with van der Waals surface area (Å²) in [4.78, 5) is 2.53. The molecule has 9 aromatic rings. The molecule has 6 aliphatic rings. The molecule has 4 bridgehead atoms. The molecule has 0 aliphatic heterocycles. The standard InChI is InChI=1S/C59H45NS/c1-2-15-42(16-3-1)60(43-17-12-14-39(35-43)45-21-13-22-49-48-20-6-11-27-56(48)61-57(45)49)44-28-29-54-55(36-44)59(50-23-7-4-18-46(50)47-19-5-8-24-51(47)59)53-26-10-9-25-52(53)58(54)40-31-37-30-38(33-40)34-41(58)32-37/h1-29,35-38,40-41H,30-34H2. The maximum Gasteiger partial charge on any atom is 0.0720 e. The third-order valence-electron chi connectivity index (χ3n) is 16.1. The Morgan fingerprint density at radius 1 is 0.393 bits per heavy atom. The van der Waals surface area contributed by atoms with E-state index in [1.54, 1.807) is 11.1 Å². The van der Waals surface area contributed by atoms with Gasteiger partial charge in [0.05, 0.1) is 5.41 Å². The number of nitrogens with zero attached hydrogens (tertiary/aromatic N) is 1. The molecule has 15 rings (SSSR count). The van der Waals surface area contributed by atoms with Crippen molar-refractivity contribution in [2.75, 3.05) is 4.90 Å². The molecule has 2 spiro atoms. The first-order valence-electron chi connectivity index (χ1n) is 22.5. The summed E-state index contributed by atoms with van der Waals surface area (Å²) >= 11 is 1.91. The second kappa shape index (κ2) is 12.7. The summed E-state index contributed by atoms with van der Waals surface area (Å²) in [7, 11) is 0. The van der Waals surface area contributed by atoms with Crippen molar-refractivity contribution in [1.29, 1.82) is 0 Å². The summed E-state index contributed by atoms with van der Waals surface area (Å²) in [6.07, 6.45) is 6.89. The van der Waals surface area contributed by atoms with Crippen LogP contribution in [0.5, 0.6) is 0 Å². The van der Waals surface area contributed by atoms with E-state index in [0.717, 1.165) is 11.8 Å². The topological polar surface area (TPSA) is 3.24 Å². The summed E-state index contributed by atoms with van der Waals surface area (Å²) in [5.74, 6) is 3.09. The first-order chi connectivity index (χ1) is 30.2. The van der Waals surface area contributed by atoms with Crippen LogP contribution in [0.4, 0.5) is 17.1 Å². The highest BCUT2D eigenvalue weighted by Crippen LogP contribution is 2.71. The molecule has 0 N–H and O–H groups in total. The molecule has 0 saturated heterocycles. The Hall–Kier alpha value is -6.22. The zero-order chi connectivity index (χ0) is 39.9. The Morgan fingerprint density at radius 3 is 1.70 bits per heavy atom. The van der Waals surface area contributed by atoms with Crippen LogP contribution in [-0.4, -0.2) is 0 Å². The van der Waals surface area contributed by atoms with Crippen molar-refractivity contribution >= 4 is 48.6 Å². The number of anilines is 3. The van der Waals surface area contributed by atoms with Gasteiger partial charge >= 0.3 is 0 Å². The van der Waals surface area contributed by atoms with Crippen molar-refractivity contribution in [2.45, 2.75) is 42.9 Å². The van der Waals surface area contributed by atoms with Crippen molar-refractivity contribution < 1.29 is 0 Å². The Morgan fingerprint density at radius 2 is 0.951 bits per heavy atom. The van der Waals surface area contributed by atoms with Crippen molar-refractivity contribution in [2.24, 2.45) is 23.7 Å². The van der Waals surface area contributed by atoms with Gasteiger partial charge in [-0.15, -0.1) is 11.3 Å². The molecule has 1 heterocycles. The molecule has 0 amide bonds. The van der Waals surface area contributed by atoms with Crippen LogP contribution < -0.4 is 4.90 Å². The molecule has 0 radical (unpaired) electrons. The highest BCUT2D eigenvalue weighted by atomic mass is 32.1. The average Bonchev–Trinajstić information content (AvgIpc) is 3.84. The highest BCUT2D eigenvalue weighted by molar-refractivity contribution is 7.26. The Balaban J connectivity index is 1.04. The van der Waals surface area contributed by atoms with Crippen LogP contribution in [0, 0.1) is 23.7 Å². The predicted molar refractivity (Wildman–Crippen MR) is 255 cm³/mol. The summed E-state index contributed by atoms with van der Waals surface area (Å²) in [6.45, 7) is 0. The predicted octanol–water partition coefficient (Wildman–Crippen LogP) is 15.6. The fraction of sp³-hybridized carbons (Fsp3) is 0.186. The van der Waals surface area contributed by atoms with Gasteiger partial charge in [0.25, 0.3) is 0 Å². The molecular weight excluding hydrogens is 755 g/mol. The van der Waals surface area contributed by atoms with Gasteiger partial charge in [-0.25, -0.2) is 0 Å². The van der Waals surface area contributed by atoms with Crippen LogP contribution in [0.1, 0.15) is 65.5 Å². The minimum atomic E-state index is -0.434. The lowest BCUT2D eigenvalue weighted by atomic mass is 9.38. The van der Waals surface area contributed by atoms with E-state index in [1.807, 2.05) is 11.3 Å². The Kier molecular flexibility index (Phi) is 7.16. The fourth-order valence-corrected chi connectivity index (χ4v) is 15.5. The molecule has 4 saturated carbocycles. The van der Waals surface area contributed by atoms with Crippen LogP contribution in [0.3, 0.4) is 0 Å². The van der Waals surface area contributed by atoms with Gasteiger partial charge in [-0.3, -0.25) is 0 Å². The number of benzene rings is 8. The van der Waals surface area contributed by atoms with Gasteiger partial charge in [-0.05, 0) is 154 Å². The number of hydrogen-bond donors (Lipinski definition) is 0. The largest absolute Gasteiger partial charge is 0.310 e. The van der Waals surface area contributed by atoms with Crippen molar-refractivity contribution in [3.8, 4) is 22.3 Å². The van der Waals surface area contributed by atoms with E-state index in [9.17, 15) is 0 Å². The zero-order valence-electron chi connectivity index (χ0n) is 34.1. The second-order valence-electron chi connectivity index (χ2n) is 18.8. The minimum Gasteiger partial charge on any atom is -0.310 e.